The highest BCUT2D eigenvalue weighted by Crippen LogP contribution is 2.43. The molecule has 0 N–H and O–H groups in total. The van der Waals surface area contributed by atoms with Crippen LogP contribution in [0.4, 0.5) is 17.1 Å². The quantitative estimate of drug-likeness (QED) is 0.148. The minimum absolute atomic E-state index is 1.10. The van der Waals surface area contributed by atoms with Gasteiger partial charge < -0.3 is 9.47 Å². The van der Waals surface area contributed by atoms with Gasteiger partial charge in [0.05, 0.1) is 22.4 Å². The van der Waals surface area contributed by atoms with Gasteiger partial charge >= 0.3 is 0 Å². The first-order chi connectivity index (χ1) is 28.8. The van der Waals surface area contributed by atoms with Crippen LogP contribution in [0.5, 0.6) is 0 Å². The van der Waals surface area contributed by atoms with E-state index in [-0.39, 0.29) is 0 Å². The van der Waals surface area contributed by atoms with Crippen molar-refractivity contribution >= 4 is 60.4 Å². The third-order valence-corrected chi connectivity index (χ3v) is 11.6. The van der Waals surface area contributed by atoms with Crippen LogP contribution >= 0.6 is 0 Å². The van der Waals surface area contributed by atoms with E-state index in [9.17, 15) is 0 Å². The van der Waals surface area contributed by atoms with Crippen LogP contribution in [0.2, 0.25) is 0 Å². The Balaban J connectivity index is 1.01. The van der Waals surface area contributed by atoms with Gasteiger partial charge in [0.1, 0.15) is 0 Å². The molecule has 0 aliphatic carbocycles. The van der Waals surface area contributed by atoms with Gasteiger partial charge in [0.2, 0.25) is 0 Å². The summed E-state index contributed by atoms with van der Waals surface area (Å²) in [6.45, 7) is 0. The average Bonchev–Trinajstić information content (AvgIpc) is 3.64. The maximum absolute atomic E-state index is 2.42. The Hall–Kier alpha value is -7.68. The summed E-state index contributed by atoms with van der Waals surface area (Å²) >= 11 is 0. The molecule has 11 rings (SSSR count). The van der Waals surface area contributed by atoms with Crippen LogP contribution in [-0.2, 0) is 0 Å². The Morgan fingerprint density at radius 3 is 1.66 bits per heavy atom. The summed E-state index contributed by atoms with van der Waals surface area (Å²) in [5.41, 5.74) is 14.0. The van der Waals surface area contributed by atoms with Crippen molar-refractivity contribution in [2.45, 2.75) is 0 Å². The predicted octanol–water partition coefficient (Wildman–Crippen LogP) is 15.6. The zero-order valence-electron chi connectivity index (χ0n) is 31.8. The molecule has 0 amide bonds. The molecule has 2 heteroatoms. The summed E-state index contributed by atoms with van der Waals surface area (Å²) in [6.07, 6.45) is 0. The molecule has 0 radical (unpaired) electrons. The standard InChI is InChI=1S/C56H38N2/c1-2-15-40(16-3-1)49-21-6-10-25-53(49)57(46-35-36-48-44(38-46)30-29-41-17-4-5-20-47(41)48)45-33-31-39(32-34-45)42-18-14-19-43(37-42)50-22-7-11-26-54(50)58-55-27-12-8-23-51(55)52-24-9-13-28-56(52)58/h1-38H. The summed E-state index contributed by atoms with van der Waals surface area (Å²) in [5, 5.41) is 7.52. The Morgan fingerprint density at radius 1 is 0.293 bits per heavy atom. The molecule has 58 heavy (non-hydrogen) atoms. The molecule has 0 saturated carbocycles. The van der Waals surface area contributed by atoms with Gasteiger partial charge in [-0.05, 0) is 98.4 Å². The molecular formula is C56H38N2. The lowest BCUT2D eigenvalue weighted by Gasteiger charge is -2.28. The second-order valence-corrected chi connectivity index (χ2v) is 14.9. The monoisotopic (exact) mass is 738 g/mol. The fourth-order valence-corrected chi connectivity index (χ4v) is 8.86. The van der Waals surface area contributed by atoms with Gasteiger partial charge in [-0.15, -0.1) is 0 Å². The fraction of sp³-hybridized carbons (Fsp3) is 0. The van der Waals surface area contributed by atoms with Crippen LogP contribution in [0.25, 0.3) is 82.4 Å². The summed E-state index contributed by atoms with van der Waals surface area (Å²) in [4.78, 5) is 2.40. The van der Waals surface area contributed by atoms with E-state index >= 15 is 0 Å². The number of hydrogen-bond acceptors (Lipinski definition) is 1. The van der Waals surface area contributed by atoms with Gasteiger partial charge in [-0.3, -0.25) is 0 Å². The van der Waals surface area contributed by atoms with Gasteiger partial charge in [0.25, 0.3) is 0 Å². The van der Waals surface area contributed by atoms with Gasteiger partial charge in [-0.25, -0.2) is 0 Å². The highest BCUT2D eigenvalue weighted by molar-refractivity contribution is 6.10. The number of hydrogen-bond donors (Lipinski definition) is 0. The molecule has 0 spiro atoms. The second-order valence-electron chi connectivity index (χ2n) is 14.9. The molecule has 0 fully saturated rings. The molecule has 10 aromatic carbocycles. The first kappa shape index (κ1) is 33.6. The third-order valence-electron chi connectivity index (χ3n) is 11.6. The van der Waals surface area contributed by atoms with E-state index in [2.05, 4.69) is 240 Å². The van der Waals surface area contributed by atoms with E-state index in [0.29, 0.717) is 0 Å². The maximum Gasteiger partial charge on any atom is 0.0541 e. The number of para-hydroxylation sites is 4. The molecule has 0 unspecified atom stereocenters. The molecule has 272 valence electrons. The Morgan fingerprint density at radius 2 is 0.862 bits per heavy atom. The second kappa shape index (κ2) is 14.1. The van der Waals surface area contributed by atoms with Crippen molar-refractivity contribution in [3.63, 3.8) is 0 Å². The fourth-order valence-electron chi connectivity index (χ4n) is 8.86. The normalized spacial score (nSPS) is 11.4. The Labute approximate surface area is 338 Å². The number of nitrogens with zero attached hydrogens (tertiary/aromatic N) is 2. The molecule has 0 aliphatic heterocycles. The largest absolute Gasteiger partial charge is 0.310 e. The Bertz CT molecular complexity index is 3230. The molecule has 1 heterocycles. The van der Waals surface area contributed by atoms with E-state index in [0.717, 1.165) is 17.1 Å². The van der Waals surface area contributed by atoms with Gasteiger partial charge in [0.15, 0.2) is 0 Å². The number of fused-ring (bicyclic) bond motifs is 6. The van der Waals surface area contributed by atoms with E-state index in [1.807, 2.05) is 0 Å². The van der Waals surface area contributed by atoms with Gasteiger partial charge in [0, 0.05) is 33.3 Å². The zero-order chi connectivity index (χ0) is 38.4. The lowest BCUT2D eigenvalue weighted by Crippen LogP contribution is -2.11. The molecule has 11 aromatic rings. The van der Waals surface area contributed by atoms with Gasteiger partial charge in [-0.2, -0.15) is 0 Å². The van der Waals surface area contributed by atoms with E-state index in [4.69, 9.17) is 0 Å². The van der Waals surface area contributed by atoms with Crippen molar-refractivity contribution in [3.8, 4) is 39.1 Å². The molecular weight excluding hydrogens is 701 g/mol. The lowest BCUT2D eigenvalue weighted by atomic mass is 9.97. The van der Waals surface area contributed by atoms with Crippen LogP contribution in [0.15, 0.2) is 231 Å². The SMILES string of the molecule is c1ccc(-c2ccccc2N(c2ccc(-c3cccc(-c4ccccc4-n4c5ccccc5c5ccccc54)c3)cc2)c2ccc3c(ccc4ccccc43)c2)cc1. The van der Waals surface area contributed by atoms with Crippen LogP contribution in [-0.4, -0.2) is 4.57 Å². The number of anilines is 3. The molecule has 0 saturated heterocycles. The number of benzene rings is 10. The minimum atomic E-state index is 1.10. The van der Waals surface area contributed by atoms with Crippen molar-refractivity contribution in [1.82, 2.24) is 4.57 Å². The Kier molecular flexibility index (Phi) is 8.19. The topological polar surface area (TPSA) is 8.17 Å². The molecule has 0 bridgehead atoms. The maximum atomic E-state index is 2.42. The first-order valence-electron chi connectivity index (χ1n) is 19.9. The highest BCUT2D eigenvalue weighted by atomic mass is 15.1. The average molecular weight is 739 g/mol. The predicted molar refractivity (Wildman–Crippen MR) is 247 cm³/mol. The molecule has 0 aliphatic rings. The van der Waals surface area contributed by atoms with Crippen molar-refractivity contribution in [3.05, 3.63) is 231 Å². The van der Waals surface area contributed by atoms with Crippen LogP contribution < -0.4 is 4.90 Å². The van der Waals surface area contributed by atoms with Crippen molar-refractivity contribution in [1.29, 1.82) is 0 Å². The van der Waals surface area contributed by atoms with Crippen molar-refractivity contribution in [2.24, 2.45) is 0 Å². The van der Waals surface area contributed by atoms with E-state index in [1.54, 1.807) is 0 Å². The third kappa shape index (κ3) is 5.74. The van der Waals surface area contributed by atoms with Crippen LogP contribution in [0, 0.1) is 0 Å². The van der Waals surface area contributed by atoms with E-state index < -0.39 is 0 Å². The lowest BCUT2D eigenvalue weighted by molar-refractivity contribution is 1.18. The van der Waals surface area contributed by atoms with Crippen LogP contribution in [0.1, 0.15) is 0 Å². The van der Waals surface area contributed by atoms with E-state index in [1.165, 1.54) is 82.4 Å². The number of aromatic nitrogens is 1. The molecule has 2 nitrogen and oxygen atoms in total. The minimum Gasteiger partial charge on any atom is -0.310 e. The zero-order valence-corrected chi connectivity index (χ0v) is 31.8. The number of rotatable bonds is 7. The van der Waals surface area contributed by atoms with Crippen molar-refractivity contribution in [2.75, 3.05) is 4.90 Å². The summed E-state index contributed by atoms with van der Waals surface area (Å²) in [5.74, 6) is 0. The summed E-state index contributed by atoms with van der Waals surface area (Å²) < 4.78 is 2.42. The highest BCUT2D eigenvalue weighted by Gasteiger charge is 2.19. The van der Waals surface area contributed by atoms with Crippen molar-refractivity contribution < 1.29 is 0 Å². The smallest absolute Gasteiger partial charge is 0.0541 e. The molecule has 1 aromatic heterocycles. The summed E-state index contributed by atoms with van der Waals surface area (Å²) in [7, 11) is 0. The summed E-state index contributed by atoms with van der Waals surface area (Å²) in [6, 6.07) is 83.6. The van der Waals surface area contributed by atoms with Gasteiger partial charge in [-0.1, -0.05) is 176 Å². The first-order valence-corrected chi connectivity index (χ1v) is 19.9. The van der Waals surface area contributed by atoms with Crippen LogP contribution in [0.3, 0.4) is 0 Å². The molecule has 0 atom stereocenters.